The minimum Gasteiger partial charge on any atom is -0.259 e. The third-order valence-corrected chi connectivity index (χ3v) is 3.04. The van der Waals surface area contributed by atoms with E-state index in [0.29, 0.717) is 0 Å². The summed E-state index contributed by atoms with van der Waals surface area (Å²) in [6, 6.07) is 0. The van der Waals surface area contributed by atoms with Crippen LogP contribution in [-0.4, -0.2) is 9.78 Å². The molecule has 0 aliphatic rings. The first-order valence-electron chi connectivity index (χ1n) is 3.92. The Balaban J connectivity index is 3.14. The van der Waals surface area contributed by atoms with Crippen LogP contribution in [0.25, 0.3) is 0 Å². The average molecular weight is 264 g/mol. The molecule has 0 fully saturated rings. The molecule has 0 saturated heterocycles. The van der Waals surface area contributed by atoms with Crippen molar-refractivity contribution in [1.29, 1.82) is 0 Å². The molecule has 2 nitrogen and oxygen atoms in total. The van der Waals surface area contributed by atoms with E-state index in [0.717, 1.165) is 13.0 Å². The number of aromatic nitrogens is 2. The van der Waals surface area contributed by atoms with Crippen molar-refractivity contribution in [1.82, 2.24) is 9.78 Å². The van der Waals surface area contributed by atoms with E-state index in [1.165, 1.54) is 15.0 Å². The average Bonchev–Trinajstić information content (AvgIpc) is 2.26. The summed E-state index contributed by atoms with van der Waals surface area (Å²) in [5.74, 6) is 0. The molecule has 0 N–H and O–H groups in total. The van der Waals surface area contributed by atoms with E-state index in [4.69, 9.17) is 0 Å². The zero-order valence-corrected chi connectivity index (χ0v) is 9.34. The van der Waals surface area contributed by atoms with Crippen LogP contribution in [0.5, 0.6) is 0 Å². The van der Waals surface area contributed by atoms with E-state index in [1.54, 1.807) is 0 Å². The summed E-state index contributed by atoms with van der Waals surface area (Å²) in [4.78, 5) is 0. The first-order valence-corrected chi connectivity index (χ1v) is 5.00. The van der Waals surface area contributed by atoms with Crippen molar-refractivity contribution in [2.75, 3.05) is 0 Å². The van der Waals surface area contributed by atoms with Crippen LogP contribution in [0.1, 0.15) is 25.1 Å². The zero-order chi connectivity index (χ0) is 8.43. The van der Waals surface area contributed by atoms with Gasteiger partial charge in [-0.1, -0.05) is 6.92 Å². The smallest absolute Gasteiger partial charge is 0.102 e. The summed E-state index contributed by atoms with van der Waals surface area (Å²) < 4.78 is 3.35. The first-order chi connectivity index (χ1) is 5.20. The molecule has 0 atom stereocenters. The molecular weight excluding hydrogens is 251 g/mol. The molecular formula is C8H13IN2. The van der Waals surface area contributed by atoms with Crippen LogP contribution in [0.2, 0.25) is 0 Å². The molecule has 1 rings (SSSR count). The second kappa shape index (κ2) is 3.56. The maximum atomic E-state index is 4.41. The largest absolute Gasteiger partial charge is 0.259 e. The van der Waals surface area contributed by atoms with Gasteiger partial charge in [-0.3, -0.25) is 4.68 Å². The normalized spacial score (nSPS) is 10.5. The van der Waals surface area contributed by atoms with Gasteiger partial charge in [0, 0.05) is 12.1 Å². The molecule has 0 bridgehead atoms. The Bertz CT molecular complexity index is 253. The number of aryl methyl sites for hydroxylation is 2. The standard InChI is InChI=1S/C8H13IN2/c1-4-7-6(3)10-11(5-2)8(7)9/h4-5H2,1-3H3. The summed E-state index contributed by atoms with van der Waals surface area (Å²) in [7, 11) is 0. The Morgan fingerprint density at radius 2 is 2.09 bits per heavy atom. The Labute approximate surface area is 81.1 Å². The lowest BCUT2D eigenvalue weighted by atomic mass is 10.2. The van der Waals surface area contributed by atoms with Gasteiger partial charge in [-0.25, -0.2) is 0 Å². The Hall–Kier alpha value is -0.0600. The lowest BCUT2D eigenvalue weighted by Gasteiger charge is -1.96. The fourth-order valence-electron chi connectivity index (χ4n) is 1.20. The van der Waals surface area contributed by atoms with Crippen LogP contribution in [-0.2, 0) is 13.0 Å². The molecule has 0 unspecified atom stereocenters. The van der Waals surface area contributed by atoms with Crippen molar-refractivity contribution in [2.24, 2.45) is 0 Å². The van der Waals surface area contributed by atoms with E-state index in [-0.39, 0.29) is 0 Å². The van der Waals surface area contributed by atoms with Crippen LogP contribution >= 0.6 is 22.6 Å². The summed E-state index contributed by atoms with van der Waals surface area (Å²) in [5.41, 5.74) is 2.58. The van der Waals surface area contributed by atoms with E-state index >= 15 is 0 Å². The van der Waals surface area contributed by atoms with Crippen LogP contribution in [0.4, 0.5) is 0 Å². The molecule has 0 aliphatic heterocycles. The van der Waals surface area contributed by atoms with Gasteiger partial charge in [0.2, 0.25) is 0 Å². The third-order valence-electron chi connectivity index (χ3n) is 1.84. The predicted molar refractivity (Wildman–Crippen MR) is 54.7 cm³/mol. The number of halogens is 1. The van der Waals surface area contributed by atoms with E-state index in [9.17, 15) is 0 Å². The molecule has 0 spiro atoms. The molecule has 3 heteroatoms. The fraction of sp³-hybridized carbons (Fsp3) is 0.625. The summed E-state index contributed by atoms with van der Waals surface area (Å²) in [6.07, 6.45) is 1.09. The molecule has 0 saturated carbocycles. The Morgan fingerprint density at radius 3 is 2.36 bits per heavy atom. The summed E-state index contributed by atoms with van der Waals surface area (Å²) >= 11 is 2.36. The predicted octanol–water partition coefficient (Wildman–Crippen LogP) is 2.38. The minimum absolute atomic E-state index is 0.971. The van der Waals surface area contributed by atoms with E-state index < -0.39 is 0 Å². The van der Waals surface area contributed by atoms with Gasteiger partial charge >= 0.3 is 0 Å². The van der Waals surface area contributed by atoms with Gasteiger partial charge in [-0.05, 0) is 42.9 Å². The first kappa shape index (κ1) is 9.03. The summed E-state index contributed by atoms with van der Waals surface area (Å²) in [5, 5.41) is 4.41. The van der Waals surface area contributed by atoms with Gasteiger partial charge in [0.15, 0.2) is 0 Å². The van der Waals surface area contributed by atoms with Gasteiger partial charge in [-0.15, -0.1) is 0 Å². The van der Waals surface area contributed by atoms with Crippen LogP contribution in [0.15, 0.2) is 0 Å². The highest BCUT2D eigenvalue weighted by atomic mass is 127. The maximum absolute atomic E-state index is 4.41. The molecule has 0 aromatic carbocycles. The van der Waals surface area contributed by atoms with Gasteiger partial charge < -0.3 is 0 Å². The molecule has 11 heavy (non-hydrogen) atoms. The van der Waals surface area contributed by atoms with E-state index in [1.807, 2.05) is 0 Å². The zero-order valence-electron chi connectivity index (χ0n) is 7.19. The Kier molecular flexibility index (Phi) is 2.92. The molecule has 1 heterocycles. The second-order valence-corrected chi connectivity index (χ2v) is 3.55. The van der Waals surface area contributed by atoms with Gasteiger partial charge in [0.25, 0.3) is 0 Å². The molecule has 1 aromatic rings. The number of nitrogens with zero attached hydrogens (tertiary/aromatic N) is 2. The Morgan fingerprint density at radius 1 is 1.45 bits per heavy atom. The van der Waals surface area contributed by atoms with Crippen molar-refractivity contribution < 1.29 is 0 Å². The lowest BCUT2D eigenvalue weighted by Crippen LogP contribution is -1.98. The third kappa shape index (κ3) is 1.58. The van der Waals surface area contributed by atoms with Crippen LogP contribution in [0, 0.1) is 10.6 Å². The SMILES string of the molecule is CCc1c(C)nn(CC)c1I. The molecule has 1 aromatic heterocycles. The maximum Gasteiger partial charge on any atom is 0.102 e. The summed E-state index contributed by atoms with van der Waals surface area (Å²) in [6.45, 7) is 7.34. The molecule has 0 aliphatic carbocycles. The van der Waals surface area contributed by atoms with Crippen LogP contribution < -0.4 is 0 Å². The van der Waals surface area contributed by atoms with Crippen LogP contribution in [0.3, 0.4) is 0 Å². The highest BCUT2D eigenvalue weighted by Gasteiger charge is 2.08. The highest BCUT2D eigenvalue weighted by Crippen LogP contribution is 2.16. The number of rotatable bonds is 2. The molecule has 0 radical (unpaired) electrons. The van der Waals surface area contributed by atoms with Crippen molar-refractivity contribution in [3.05, 3.63) is 15.0 Å². The minimum atomic E-state index is 0.971. The monoisotopic (exact) mass is 264 g/mol. The number of hydrogen-bond acceptors (Lipinski definition) is 1. The van der Waals surface area contributed by atoms with Gasteiger partial charge in [-0.2, -0.15) is 5.10 Å². The lowest BCUT2D eigenvalue weighted by molar-refractivity contribution is 0.637. The van der Waals surface area contributed by atoms with E-state index in [2.05, 4.69) is 53.1 Å². The number of hydrogen-bond donors (Lipinski definition) is 0. The fourth-order valence-corrected chi connectivity index (χ4v) is 2.42. The van der Waals surface area contributed by atoms with Crippen molar-refractivity contribution >= 4 is 22.6 Å². The molecule has 0 amide bonds. The van der Waals surface area contributed by atoms with Gasteiger partial charge in [0.05, 0.1) is 5.69 Å². The second-order valence-electron chi connectivity index (χ2n) is 2.52. The highest BCUT2D eigenvalue weighted by molar-refractivity contribution is 14.1. The topological polar surface area (TPSA) is 17.8 Å². The quantitative estimate of drug-likeness (QED) is 0.750. The van der Waals surface area contributed by atoms with Crippen molar-refractivity contribution in [3.8, 4) is 0 Å². The molecule has 62 valence electrons. The van der Waals surface area contributed by atoms with Gasteiger partial charge in [0.1, 0.15) is 3.70 Å². The van der Waals surface area contributed by atoms with Crippen molar-refractivity contribution in [3.63, 3.8) is 0 Å². The van der Waals surface area contributed by atoms with Crippen molar-refractivity contribution in [2.45, 2.75) is 33.7 Å².